The molecule has 0 amide bonds. The standard InChI is InChI=1S/C27H46F2O/c1-17(2)8-6-9-18(3)20-12-13-21-24-22(14-15-25(20,21)4)26(5)19(16-27(24,28)29)10-7-11-23(26)30/h17-24,30H,6-16H2,1-5H3/t18-,19?,20-,21+,22+,23?,24+,25-,26+/m1/s1. The smallest absolute Gasteiger partial charge is 0.251 e. The summed E-state index contributed by atoms with van der Waals surface area (Å²) >= 11 is 0. The van der Waals surface area contributed by atoms with Gasteiger partial charge in [0.1, 0.15) is 0 Å². The predicted octanol–water partition coefficient (Wildman–Crippen LogP) is 7.71. The van der Waals surface area contributed by atoms with Crippen LogP contribution in [-0.2, 0) is 0 Å². The fourth-order valence-corrected chi connectivity index (χ4v) is 9.24. The van der Waals surface area contributed by atoms with E-state index in [0.29, 0.717) is 11.8 Å². The SMILES string of the molecule is CC(C)CCC[C@@H](C)[C@H]1CC[C@H]2[C@H]3[C@H](CC[C@]12C)[C@@]1(C)C(O)CCCC1CC3(F)F. The quantitative estimate of drug-likeness (QED) is 0.479. The molecule has 0 bridgehead atoms. The molecule has 0 radical (unpaired) electrons. The predicted molar refractivity (Wildman–Crippen MR) is 119 cm³/mol. The van der Waals surface area contributed by atoms with Crippen LogP contribution >= 0.6 is 0 Å². The van der Waals surface area contributed by atoms with Gasteiger partial charge in [-0.15, -0.1) is 0 Å². The van der Waals surface area contributed by atoms with Crippen molar-refractivity contribution < 1.29 is 13.9 Å². The molecule has 4 aliphatic rings. The lowest BCUT2D eigenvalue weighted by Crippen LogP contribution is -2.63. The monoisotopic (exact) mass is 424 g/mol. The van der Waals surface area contributed by atoms with Crippen molar-refractivity contribution in [2.45, 2.75) is 117 Å². The van der Waals surface area contributed by atoms with Gasteiger partial charge >= 0.3 is 0 Å². The molecule has 4 aliphatic carbocycles. The third-order valence-corrected chi connectivity index (χ3v) is 10.9. The first-order valence-electron chi connectivity index (χ1n) is 13.1. The van der Waals surface area contributed by atoms with Crippen LogP contribution in [0.2, 0.25) is 0 Å². The molecule has 0 aromatic heterocycles. The average molecular weight is 425 g/mol. The number of rotatable bonds is 5. The molecule has 0 aliphatic heterocycles. The van der Waals surface area contributed by atoms with Gasteiger partial charge in [-0.05, 0) is 84.9 Å². The van der Waals surface area contributed by atoms with Crippen LogP contribution in [0.4, 0.5) is 8.78 Å². The van der Waals surface area contributed by atoms with Gasteiger partial charge in [-0.3, -0.25) is 0 Å². The number of hydrogen-bond acceptors (Lipinski definition) is 1. The molecule has 30 heavy (non-hydrogen) atoms. The lowest BCUT2D eigenvalue weighted by molar-refractivity contribution is -0.253. The molecule has 4 saturated carbocycles. The van der Waals surface area contributed by atoms with E-state index < -0.39 is 17.9 Å². The van der Waals surface area contributed by atoms with Crippen molar-refractivity contribution in [3.8, 4) is 0 Å². The molecule has 0 saturated heterocycles. The van der Waals surface area contributed by atoms with Crippen molar-refractivity contribution in [3.63, 3.8) is 0 Å². The Balaban J connectivity index is 1.58. The van der Waals surface area contributed by atoms with Crippen molar-refractivity contribution >= 4 is 0 Å². The molecule has 1 N–H and O–H groups in total. The summed E-state index contributed by atoms with van der Waals surface area (Å²) in [4.78, 5) is 0. The Morgan fingerprint density at radius 1 is 0.933 bits per heavy atom. The number of aliphatic hydroxyl groups is 1. The Morgan fingerprint density at radius 3 is 2.37 bits per heavy atom. The van der Waals surface area contributed by atoms with Crippen LogP contribution in [0.3, 0.4) is 0 Å². The second-order valence-corrected chi connectivity index (χ2v) is 12.7. The van der Waals surface area contributed by atoms with Crippen LogP contribution in [0.5, 0.6) is 0 Å². The molecule has 4 fully saturated rings. The minimum atomic E-state index is -2.56. The highest BCUT2D eigenvalue weighted by molar-refractivity contribution is 5.14. The van der Waals surface area contributed by atoms with Gasteiger partial charge in [0.2, 0.25) is 0 Å². The molecule has 0 aromatic carbocycles. The molecule has 0 heterocycles. The Kier molecular flexibility index (Phi) is 6.13. The topological polar surface area (TPSA) is 20.2 Å². The zero-order valence-corrected chi connectivity index (χ0v) is 20.1. The van der Waals surface area contributed by atoms with E-state index in [9.17, 15) is 5.11 Å². The lowest BCUT2D eigenvalue weighted by atomic mass is 9.43. The van der Waals surface area contributed by atoms with Crippen LogP contribution < -0.4 is 0 Å². The molecule has 0 aromatic rings. The van der Waals surface area contributed by atoms with E-state index in [-0.39, 0.29) is 35.0 Å². The van der Waals surface area contributed by atoms with E-state index in [0.717, 1.165) is 50.9 Å². The lowest BCUT2D eigenvalue weighted by Gasteiger charge is -2.63. The Labute approximate surface area is 183 Å². The number of alkyl halides is 2. The largest absolute Gasteiger partial charge is 0.393 e. The van der Waals surface area contributed by atoms with Gasteiger partial charge in [0.25, 0.3) is 5.92 Å². The third-order valence-electron chi connectivity index (χ3n) is 10.9. The highest BCUT2D eigenvalue weighted by Crippen LogP contribution is 2.71. The van der Waals surface area contributed by atoms with Crippen molar-refractivity contribution in [2.24, 2.45) is 52.3 Å². The zero-order valence-electron chi connectivity index (χ0n) is 20.1. The molecular weight excluding hydrogens is 378 g/mol. The van der Waals surface area contributed by atoms with E-state index in [4.69, 9.17) is 0 Å². The molecule has 4 rings (SSSR count). The summed E-state index contributed by atoms with van der Waals surface area (Å²) in [6, 6.07) is 0. The van der Waals surface area contributed by atoms with E-state index in [1.165, 1.54) is 19.3 Å². The van der Waals surface area contributed by atoms with Crippen LogP contribution in [0.1, 0.15) is 105 Å². The van der Waals surface area contributed by atoms with Crippen molar-refractivity contribution in [2.75, 3.05) is 0 Å². The first-order chi connectivity index (χ1) is 14.0. The molecular formula is C27H46F2O. The Bertz CT molecular complexity index is 618. The first kappa shape index (κ1) is 23.0. The minimum Gasteiger partial charge on any atom is -0.393 e. The van der Waals surface area contributed by atoms with Crippen LogP contribution in [0.25, 0.3) is 0 Å². The summed E-state index contributed by atoms with van der Waals surface area (Å²) in [6.45, 7) is 11.5. The van der Waals surface area contributed by atoms with Crippen molar-refractivity contribution in [1.29, 1.82) is 0 Å². The number of halogens is 2. The summed E-state index contributed by atoms with van der Waals surface area (Å²) in [5.41, 5.74) is -0.239. The van der Waals surface area contributed by atoms with E-state index >= 15 is 8.78 Å². The highest BCUT2D eigenvalue weighted by atomic mass is 19.3. The van der Waals surface area contributed by atoms with E-state index in [2.05, 4.69) is 34.6 Å². The first-order valence-corrected chi connectivity index (χ1v) is 13.1. The fraction of sp³-hybridized carbons (Fsp3) is 1.00. The zero-order chi connectivity index (χ0) is 21.9. The molecule has 9 atom stereocenters. The van der Waals surface area contributed by atoms with Gasteiger partial charge in [-0.2, -0.15) is 0 Å². The summed E-state index contributed by atoms with van der Waals surface area (Å²) in [6.07, 6.45) is 10.1. The maximum atomic E-state index is 15.8. The van der Waals surface area contributed by atoms with Gasteiger partial charge in [0.15, 0.2) is 0 Å². The molecule has 174 valence electrons. The number of fused-ring (bicyclic) bond motifs is 5. The van der Waals surface area contributed by atoms with Gasteiger partial charge in [0.05, 0.1) is 6.10 Å². The summed E-state index contributed by atoms with van der Waals surface area (Å²) in [7, 11) is 0. The Morgan fingerprint density at radius 2 is 1.67 bits per heavy atom. The maximum Gasteiger partial charge on any atom is 0.251 e. The van der Waals surface area contributed by atoms with Gasteiger partial charge in [0, 0.05) is 12.3 Å². The average Bonchev–Trinajstić information content (AvgIpc) is 3.00. The summed E-state index contributed by atoms with van der Waals surface area (Å²) < 4.78 is 31.5. The highest BCUT2D eigenvalue weighted by Gasteiger charge is 2.69. The van der Waals surface area contributed by atoms with Gasteiger partial charge in [-0.1, -0.05) is 60.3 Å². The number of hydrogen-bond donors (Lipinski definition) is 1. The molecule has 2 unspecified atom stereocenters. The number of aliphatic hydroxyl groups excluding tert-OH is 1. The van der Waals surface area contributed by atoms with Crippen LogP contribution in [0.15, 0.2) is 0 Å². The molecule has 0 spiro atoms. The van der Waals surface area contributed by atoms with Crippen LogP contribution in [0, 0.1) is 52.3 Å². The van der Waals surface area contributed by atoms with Crippen molar-refractivity contribution in [1.82, 2.24) is 0 Å². The fourth-order valence-electron chi connectivity index (χ4n) is 9.24. The normalized spacial score (nSPS) is 48.7. The minimum absolute atomic E-state index is 0.00498. The molecule has 1 nitrogen and oxygen atoms in total. The van der Waals surface area contributed by atoms with Crippen molar-refractivity contribution in [3.05, 3.63) is 0 Å². The summed E-state index contributed by atoms with van der Waals surface area (Å²) in [5, 5.41) is 11.0. The van der Waals surface area contributed by atoms with Gasteiger partial charge < -0.3 is 5.11 Å². The second kappa shape index (κ2) is 7.99. The van der Waals surface area contributed by atoms with E-state index in [1.807, 2.05) is 0 Å². The van der Waals surface area contributed by atoms with Gasteiger partial charge in [-0.25, -0.2) is 8.78 Å². The maximum absolute atomic E-state index is 15.8. The Hall–Kier alpha value is -0.180. The second-order valence-electron chi connectivity index (χ2n) is 12.7. The summed E-state index contributed by atoms with van der Waals surface area (Å²) in [5.74, 6) is -0.980. The molecule has 3 heteroatoms. The third kappa shape index (κ3) is 3.48. The van der Waals surface area contributed by atoms with E-state index in [1.54, 1.807) is 0 Å². The van der Waals surface area contributed by atoms with Crippen LogP contribution in [-0.4, -0.2) is 17.1 Å².